The van der Waals surface area contributed by atoms with Crippen molar-refractivity contribution in [3.05, 3.63) is 40.2 Å². The number of primary amides is 1. The lowest BCUT2D eigenvalue weighted by atomic mass is 9.61. The van der Waals surface area contributed by atoms with Crippen LogP contribution in [0.5, 0.6) is 5.75 Å². The zero-order valence-corrected chi connectivity index (χ0v) is 17.3. The first kappa shape index (κ1) is 20.6. The molecule has 1 heterocycles. The number of amides is 1. The van der Waals surface area contributed by atoms with Crippen molar-refractivity contribution in [1.29, 1.82) is 0 Å². The second-order valence-corrected chi connectivity index (χ2v) is 8.82. The molecule has 5 N–H and O–H groups in total. The van der Waals surface area contributed by atoms with Crippen molar-refractivity contribution in [2.45, 2.75) is 19.3 Å². The number of ether oxygens (including phenoxy) is 1. The third-order valence-electron chi connectivity index (χ3n) is 7.09. The largest absolute Gasteiger partial charge is 0.511 e. The summed E-state index contributed by atoms with van der Waals surface area (Å²) in [5, 5.41) is 32.7. The molecule has 168 valence electrons. The Morgan fingerprint density at radius 3 is 2.50 bits per heavy atom. The van der Waals surface area contributed by atoms with Crippen LogP contribution in [0.25, 0.3) is 5.76 Å². The highest BCUT2D eigenvalue weighted by atomic mass is 16.5. The van der Waals surface area contributed by atoms with E-state index in [1.807, 2.05) is 17.0 Å². The highest BCUT2D eigenvalue weighted by molar-refractivity contribution is 6.21. The number of aromatic hydroxyl groups is 1. The van der Waals surface area contributed by atoms with Crippen LogP contribution in [0.1, 0.15) is 24.0 Å². The van der Waals surface area contributed by atoms with E-state index < -0.39 is 40.6 Å². The Balaban J connectivity index is 1.60. The van der Waals surface area contributed by atoms with Crippen molar-refractivity contribution in [1.82, 2.24) is 0 Å². The summed E-state index contributed by atoms with van der Waals surface area (Å²) >= 11 is 0. The lowest BCUT2D eigenvalue weighted by Crippen LogP contribution is -2.44. The molecule has 0 bridgehead atoms. The molecule has 9 heteroatoms. The first-order valence-electron chi connectivity index (χ1n) is 10.7. The molecule has 3 unspecified atom stereocenters. The molecule has 0 radical (unpaired) electrons. The number of allylic oxidation sites excluding steroid dienone is 2. The van der Waals surface area contributed by atoms with Crippen LogP contribution in [-0.4, -0.2) is 59.1 Å². The van der Waals surface area contributed by atoms with Crippen LogP contribution in [0.4, 0.5) is 5.69 Å². The number of nitrogens with two attached hydrogens (primary N) is 1. The van der Waals surface area contributed by atoms with E-state index in [4.69, 9.17) is 10.5 Å². The number of benzene rings is 1. The number of carbonyl (C=O) groups is 3. The Labute approximate surface area is 183 Å². The zero-order valence-electron chi connectivity index (χ0n) is 17.3. The van der Waals surface area contributed by atoms with Gasteiger partial charge in [0.1, 0.15) is 22.8 Å². The van der Waals surface area contributed by atoms with E-state index >= 15 is 0 Å². The van der Waals surface area contributed by atoms with Gasteiger partial charge in [0.05, 0.1) is 30.4 Å². The van der Waals surface area contributed by atoms with Gasteiger partial charge in [-0.25, -0.2) is 0 Å². The normalized spacial score (nSPS) is 27.8. The number of carbonyl (C=O) groups excluding carboxylic acids is 3. The minimum Gasteiger partial charge on any atom is -0.511 e. The number of phenolic OH excluding ortho intramolecular Hbond substituents is 1. The van der Waals surface area contributed by atoms with Gasteiger partial charge in [-0.2, -0.15) is 0 Å². The number of phenols is 1. The first-order chi connectivity index (χ1) is 15.3. The average Bonchev–Trinajstić information content (AvgIpc) is 2.73. The molecule has 2 fully saturated rings. The lowest BCUT2D eigenvalue weighted by molar-refractivity contribution is -0.127. The molecule has 1 aromatic rings. The third-order valence-corrected chi connectivity index (χ3v) is 7.09. The number of fused-ring (bicyclic) bond motifs is 3. The number of Topliss-reactive ketones (excluding diaryl/α,β-unsaturated/α-hetero) is 2. The van der Waals surface area contributed by atoms with Crippen molar-refractivity contribution in [3.8, 4) is 5.75 Å². The van der Waals surface area contributed by atoms with E-state index in [0.29, 0.717) is 44.8 Å². The molecule has 1 aromatic carbocycles. The number of hydrogen-bond acceptors (Lipinski definition) is 8. The van der Waals surface area contributed by atoms with Gasteiger partial charge in [-0.3, -0.25) is 14.4 Å². The molecule has 0 spiro atoms. The molecule has 1 aliphatic heterocycles. The number of aliphatic hydroxyl groups is 2. The summed E-state index contributed by atoms with van der Waals surface area (Å²) in [5.41, 5.74) is 6.33. The van der Waals surface area contributed by atoms with Crippen molar-refractivity contribution in [3.63, 3.8) is 0 Å². The molecular weight excluding hydrogens is 416 g/mol. The van der Waals surface area contributed by atoms with Crippen LogP contribution in [0, 0.1) is 17.8 Å². The summed E-state index contributed by atoms with van der Waals surface area (Å²) in [6, 6.07) is 3.65. The summed E-state index contributed by atoms with van der Waals surface area (Å²) in [5.74, 6) is -5.10. The van der Waals surface area contributed by atoms with Gasteiger partial charge in [-0.1, -0.05) is 6.07 Å². The monoisotopic (exact) mass is 440 g/mol. The smallest absolute Gasteiger partial charge is 0.255 e. The molecule has 3 atom stereocenters. The standard InChI is InChI=1S/C23H24N2O7/c24-23(31)18-14(26)9-12-8-11-7-10-1-2-13(25-3-5-32-6-4-25)19(27)15(10)20(28)16(11)21(29)17(12)22(18)30/h1-2,11-12,17,27-28,30H,3-9H2,(H2,24,31). The molecule has 9 nitrogen and oxygen atoms in total. The van der Waals surface area contributed by atoms with Gasteiger partial charge in [-0.05, 0) is 36.3 Å². The minimum atomic E-state index is -1.10. The molecule has 0 aromatic heterocycles. The first-order valence-corrected chi connectivity index (χ1v) is 10.7. The van der Waals surface area contributed by atoms with Gasteiger partial charge < -0.3 is 30.7 Å². The van der Waals surface area contributed by atoms with E-state index in [1.54, 1.807) is 0 Å². The van der Waals surface area contributed by atoms with Gasteiger partial charge >= 0.3 is 0 Å². The van der Waals surface area contributed by atoms with E-state index in [2.05, 4.69) is 0 Å². The van der Waals surface area contributed by atoms with Crippen LogP contribution < -0.4 is 10.6 Å². The number of aliphatic hydroxyl groups excluding tert-OH is 2. The van der Waals surface area contributed by atoms with E-state index in [0.717, 1.165) is 5.56 Å². The van der Waals surface area contributed by atoms with E-state index in [1.165, 1.54) is 0 Å². The van der Waals surface area contributed by atoms with Gasteiger partial charge in [0.15, 0.2) is 11.6 Å². The summed E-state index contributed by atoms with van der Waals surface area (Å²) in [6.07, 6.45) is 0.752. The summed E-state index contributed by atoms with van der Waals surface area (Å²) in [7, 11) is 0. The summed E-state index contributed by atoms with van der Waals surface area (Å²) in [6.45, 7) is 2.24. The average molecular weight is 440 g/mol. The second-order valence-electron chi connectivity index (χ2n) is 8.82. The number of ketones is 2. The maximum atomic E-state index is 13.4. The number of morpholine rings is 1. The number of nitrogens with zero attached hydrogens (tertiary/aromatic N) is 1. The van der Waals surface area contributed by atoms with Crippen LogP contribution in [-0.2, 0) is 25.5 Å². The molecule has 1 saturated heterocycles. The molecular formula is C23H24N2O7. The van der Waals surface area contributed by atoms with Gasteiger partial charge in [0.25, 0.3) is 5.91 Å². The number of rotatable bonds is 2. The van der Waals surface area contributed by atoms with Crippen LogP contribution in [0.3, 0.4) is 0 Å². The Bertz CT molecular complexity index is 1110. The Hall–Kier alpha value is -3.33. The quantitative estimate of drug-likeness (QED) is 0.500. The van der Waals surface area contributed by atoms with Crippen molar-refractivity contribution in [2.75, 3.05) is 31.2 Å². The molecule has 3 aliphatic carbocycles. The fourth-order valence-corrected chi connectivity index (χ4v) is 5.66. The Morgan fingerprint density at radius 1 is 1.09 bits per heavy atom. The lowest BCUT2D eigenvalue weighted by Gasteiger charge is -2.41. The fraction of sp³-hybridized carbons (Fsp3) is 0.435. The molecule has 4 aliphatic rings. The maximum absolute atomic E-state index is 13.4. The third kappa shape index (κ3) is 2.91. The minimum absolute atomic E-state index is 0.0582. The molecule has 32 heavy (non-hydrogen) atoms. The van der Waals surface area contributed by atoms with Crippen molar-refractivity contribution in [2.24, 2.45) is 23.5 Å². The van der Waals surface area contributed by atoms with Crippen LogP contribution in [0.15, 0.2) is 29.0 Å². The topological polar surface area (TPSA) is 150 Å². The highest BCUT2D eigenvalue weighted by Crippen LogP contribution is 2.51. The Kier molecular flexibility index (Phi) is 4.74. The second kappa shape index (κ2) is 7.37. The van der Waals surface area contributed by atoms with Crippen molar-refractivity contribution < 1.29 is 34.4 Å². The predicted octanol–water partition coefficient (Wildman–Crippen LogP) is 1.15. The molecule has 1 saturated carbocycles. The van der Waals surface area contributed by atoms with Crippen LogP contribution in [0.2, 0.25) is 0 Å². The summed E-state index contributed by atoms with van der Waals surface area (Å²) < 4.78 is 5.36. The van der Waals surface area contributed by atoms with Gasteiger partial charge in [0.2, 0.25) is 0 Å². The zero-order chi connectivity index (χ0) is 22.7. The van der Waals surface area contributed by atoms with Crippen molar-refractivity contribution >= 4 is 28.9 Å². The van der Waals surface area contributed by atoms with Crippen LogP contribution >= 0.6 is 0 Å². The summed E-state index contributed by atoms with van der Waals surface area (Å²) in [4.78, 5) is 39.4. The maximum Gasteiger partial charge on any atom is 0.255 e. The molecule has 1 amide bonds. The van der Waals surface area contributed by atoms with E-state index in [9.17, 15) is 29.7 Å². The Morgan fingerprint density at radius 2 is 1.81 bits per heavy atom. The molecule has 5 rings (SSSR count). The predicted molar refractivity (Wildman–Crippen MR) is 113 cm³/mol. The number of hydrogen-bond donors (Lipinski definition) is 4. The van der Waals surface area contributed by atoms with E-state index in [-0.39, 0.29) is 35.0 Å². The fourth-order valence-electron chi connectivity index (χ4n) is 5.66. The SMILES string of the molecule is NC(=O)C1=C(O)C2C(=O)C3=C(O)c4c(ccc(N5CCOCC5)c4O)CC3CC2CC1=O. The van der Waals surface area contributed by atoms with Gasteiger partial charge in [0, 0.05) is 25.1 Å². The van der Waals surface area contributed by atoms with Gasteiger partial charge in [-0.15, -0.1) is 0 Å². The number of anilines is 1. The highest BCUT2D eigenvalue weighted by Gasteiger charge is 2.50.